The zero-order valence-corrected chi connectivity index (χ0v) is 11.2. The Morgan fingerprint density at radius 1 is 1.18 bits per heavy atom. The van der Waals surface area contributed by atoms with Gasteiger partial charge in [0.1, 0.15) is 0 Å². The Hall–Kier alpha value is -0.830. The molecule has 0 aromatic carbocycles. The maximum absolute atomic E-state index is 6.22. The van der Waals surface area contributed by atoms with Crippen LogP contribution in [0.1, 0.15) is 70.5 Å². The van der Waals surface area contributed by atoms with Gasteiger partial charge < -0.3 is 10.3 Å². The third kappa shape index (κ3) is 3.09. The number of nitrogens with zero attached hydrogens (tertiary/aromatic N) is 2. The Morgan fingerprint density at radius 3 is 2.35 bits per heavy atom. The lowest BCUT2D eigenvalue weighted by Gasteiger charge is -2.27. The van der Waals surface area contributed by atoms with E-state index in [1.807, 2.05) is 12.5 Å². The van der Waals surface area contributed by atoms with E-state index >= 15 is 0 Å². The van der Waals surface area contributed by atoms with E-state index < -0.39 is 0 Å². The molecule has 1 aromatic heterocycles. The second kappa shape index (κ2) is 5.21. The molecule has 1 fully saturated rings. The third-order valence-electron chi connectivity index (χ3n) is 3.79. The fourth-order valence-corrected chi connectivity index (χ4v) is 2.81. The molecule has 96 valence electrons. The molecule has 2 rings (SSSR count). The first-order valence-electron chi connectivity index (χ1n) is 6.90. The Balaban J connectivity index is 2.17. The van der Waals surface area contributed by atoms with E-state index in [1.54, 1.807) is 0 Å². The molecule has 1 aliphatic carbocycles. The van der Waals surface area contributed by atoms with Crippen LogP contribution in [0.5, 0.6) is 0 Å². The van der Waals surface area contributed by atoms with Crippen molar-refractivity contribution < 1.29 is 0 Å². The van der Waals surface area contributed by atoms with Gasteiger partial charge in [-0.25, -0.2) is 4.98 Å². The van der Waals surface area contributed by atoms with Crippen LogP contribution in [0.25, 0.3) is 0 Å². The molecule has 17 heavy (non-hydrogen) atoms. The van der Waals surface area contributed by atoms with Crippen molar-refractivity contribution in [3.8, 4) is 0 Å². The van der Waals surface area contributed by atoms with E-state index in [1.165, 1.54) is 50.6 Å². The maximum Gasteiger partial charge on any atom is 0.0951 e. The quantitative estimate of drug-likeness (QED) is 0.854. The Morgan fingerprint density at radius 2 is 1.76 bits per heavy atom. The first-order chi connectivity index (χ1) is 8.09. The van der Waals surface area contributed by atoms with Crippen LogP contribution < -0.4 is 5.73 Å². The van der Waals surface area contributed by atoms with Gasteiger partial charge in [-0.3, -0.25) is 0 Å². The molecular weight excluding hydrogens is 210 g/mol. The molecule has 2 N–H and O–H groups in total. The summed E-state index contributed by atoms with van der Waals surface area (Å²) in [7, 11) is 0. The highest BCUT2D eigenvalue weighted by molar-refractivity contribution is 5.11. The molecule has 0 bridgehead atoms. The van der Waals surface area contributed by atoms with E-state index in [0.29, 0.717) is 6.04 Å². The van der Waals surface area contributed by atoms with Crippen LogP contribution in [0.2, 0.25) is 0 Å². The molecule has 0 unspecified atom stereocenters. The summed E-state index contributed by atoms with van der Waals surface area (Å²) in [4.78, 5) is 4.30. The minimum Gasteiger partial charge on any atom is -0.330 e. The van der Waals surface area contributed by atoms with Crippen molar-refractivity contribution in [3.63, 3.8) is 0 Å². The van der Waals surface area contributed by atoms with Crippen molar-refractivity contribution >= 4 is 0 Å². The largest absolute Gasteiger partial charge is 0.330 e. The standard InChI is InChI=1S/C14H25N3/c1-14(2,15)13-10-16-11-17(13)12-8-6-4-3-5-7-9-12/h10-12H,3-9,15H2,1-2H3. The number of rotatable bonds is 2. The normalized spacial score (nSPS) is 19.9. The molecule has 0 radical (unpaired) electrons. The zero-order chi connectivity index (χ0) is 12.3. The molecule has 0 atom stereocenters. The predicted octanol–water partition coefficient (Wildman–Crippen LogP) is 3.36. The van der Waals surface area contributed by atoms with Gasteiger partial charge in [0.25, 0.3) is 0 Å². The van der Waals surface area contributed by atoms with Crippen LogP contribution in [-0.4, -0.2) is 9.55 Å². The monoisotopic (exact) mass is 235 g/mol. The van der Waals surface area contributed by atoms with Crippen molar-refractivity contribution in [2.45, 2.75) is 70.4 Å². The molecule has 1 saturated carbocycles. The van der Waals surface area contributed by atoms with Crippen LogP contribution >= 0.6 is 0 Å². The zero-order valence-electron chi connectivity index (χ0n) is 11.2. The first kappa shape index (κ1) is 12.6. The van der Waals surface area contributed by atoms with Gasteiger partial charge in [-0.15, -0.1) is 0 Å². The molecule has 1 aliphatic rings. The van der Waals surface area contributed by atoms with Gasteiger partial charge in [-0.05, 0) is 26.7 Å². The number of nitrogens with two attached hydrogens (primary N) is 1. The van der Waals surface area contributed by atoms with Gasteiger partial charge in [0.2, 0.25) is 0 Å². The number of aromatic nitrogens is 2. The third-order valence-corrected chi connectivity index (χ3v) is 3.79. The average molecular weight is 235 g/mol. The van der Waals surface area contributed by atoms with Crippen molar-refractivity contribution in [3.05, 3.63) is 18.2 Å². The molecular formula is C14H25N3. The van der Waals surface area contributed by atoms with Crippen molar-refractivity contribution in [2.24, 2.45) is 5.73 Å². The molecule has 1 aromatic rings. The molecule has 0 amide bonds. The Kier molecular flexibility index (Phi) is 3.87. The van der Waals surface area contributed by atoms with Gasteiger partial charge in [-0.1, -0.05) is 32.1 Å². The Labute approximate surface area is 104 Å². The highest BCUT2D eigenvalue weighted by atomic mass is 15.1. The lowest BCUT2D eigenvalue weighted by atomic mass is 9.95. The SMILES string of the molecule is CC(C)(N)c1cncn1C1CCCCCCC1. The summed E-state index contributed by atoms with van der Waals surface area (Å²) in [6, 6.07) is 0.607. The molecule has 0 saturated heterocycles. The lowest BCUT2D eigenvalue weighted by Crippen LogP contribution is -2.32. The smallest absolute Gasteiger partial charge is 0.0951 e. The van der Waals surface area contributed by atoms with E-state index in [9.17, 15) is 0 Å². The highest BCUT2D eigenvalue weighted by Gasteiger charge is 2.23. The van der Waals surface area contributed by atoms with Gasteiger partial charge in [-0.2, -0.15) is 0 Å². The summed E-state index contributed by atoms with van der Waals surface area (Å²) < 4.78 is 2.32. The summed E-state index contributed by atoms with van der Waals surface area (Å²) in [5, 5.41) is 0. The van der Waals surface area contributed by atoms with Gasteiger partial charge in [0.15, 0.2) is 0 Å². The van der Waals surface area contributed by atoms with Crippen LogP contribution in [0, 0.1) is 0 Å². The predicted molar refractivity (Wildman–Crippen MR) is 70.8 cm³/mol. The van der Waals surface area contributed by atoms with E-state index in [4.69, 9.17) is 5.73 Å². The maximum atomic E-state index is 6.22. The summed E-state index contributed by atoms with van der Waals surface area (Å²) in [5.41, 5.74) is 7.09. The van der Waals surface area contributed by atoms with E-state index in [0.717, 1.165) is 0 Å². The second-order valence-corrected chi connectivity index (χ2v) is 5.91. The van der Waals surface area contributed by atoms with E-state index in [2.05, 4.69) is 23.4 Å². The van der Waals surface area contributed by atoms with Crippen LogP contribution in [0.15, 0.2) is 12.5 Å². The fourth-order valence-electron chi connectivity index (χ4n) is 2.81. The Bertz CT molecular complexity index is 341. The molecule has 0 aliphatic heterocycles. The van der Waals surface area contributed by atoms with Gasteiger partial charge in [0, 0.05) is 12.2 Å². The average Bonchev–Trinajstić information content (AvgIpc) is 2.64. The van der Waals surface area contributed by atoms with Crippen LogP contribution in [-0.2, 0) is 5.54 Å². The van der Waals surface area contributed by atoms with Crippen molar-refractivity contribution in [2.75, 3.05) is 0 Å². The number of hydrogen-bond donors (Lipinski definition) is 1. The minimum absolute atomic E-state index is 0.293. The molecule has 3 nitrogen and oxygen atoms in total. The van der Waals surface area contributed by atoms with Crippen molar-refractivity contribution in [1.29, 1.82) is 0 Å². The summed E-state index contributed by atoms with van der Waals surface area (Å²) >= 11 is 0. The molecule has 1 heterocycles. The summed E-state index contributed by atoms with van der Waals surface area (Å²) in [6.45, 7) is 4.12. The van der Waals surface area contributed by atoms with Gasteiger partial charge in [0.05, 0.1) is 17.6 Å². The first-order valence-corrected chi connectivity index (χ1v) is 6.90. The molecule has 0 spiro atoms. The summed E-state index contributed by atoms with van der Waals surface area (Å²) in [6.07, 6.45) is 13.3. The minimum atomic E-state index is -0.293. The van der Waals surface area contributed by atoms with Crippen LogP contribution in [0.3, 0.4) is 0 Å². The topological polar surface area (TPSA) is 43.8 Å². The second-order valence-electron chi connectivity index (χ2n) is 5.91. The summed E-state index contributed by atoms with van der Waals surface area (Å²) in [5.74, 6) is 0. The van der Waals surface area contributed by atoms with Crippen LogP contribution in [0.4, 0.5) is 0 Å². The number of hydrogen-bond acceptors (Lipinski definition) is 2. The highest BCUT2D eigenvalue weighted by Crippen LogP contribution is 2.29. The number of imidazole rings is 1. The lowest BCUT2D eigenvalue weighted by molar-refractivity contribution is 0.348. The fraction of sp³-hybridized carbons (Fsp3) is 0.786. The molecule has 3 heteroatoms. The van der Waals surface area contributed by atoms with E-state index in [-0.39, 0.29) is 5.54 Å². The van der Waals surface area contributed by atoms with Crippen molar-refractivity contribution in [1.82, 2.24) is 9.55 Å². The van der Waals surface area contributed by atoms with Gasteiger partial charge >= 0.3 is 0 Å².